The second-order valence-electron chi connectivity index (χ2n) is 6.11. The maximum absolute atomic E-state index is 2.40. The van der Waals surface area contributed by atoms with Crippen LogP contribution in [0.2, 0.25) is 0 Å². The summed E-state index contributed by atoms with van der Waals surface area (Å²) in [6, 6.07) is 18.1. The number of fused-ring (bicyclic) bond motifs is 3. The van der Waals surface area contributed by atoms with Gasteiger partial charge in [-0.1, -0.05) is 0 Å². The van der Waals surface area contributed by atoms with Crippen LogP contribution in [0.3, 0.4) is 0 Å². The average Bonchev–Trinajstić information content (AvgIpc) is 3.12. The Morgan fingerprint density at radius 2 is 1.59 bits per heavy atom. The summed E-state index contributed by atoms with van der Waals surface area (Å²) in [6.45, 7) is 2.29. The van der Waals surface area contributed by atoms with Gasteiger partial charge >= 0.3 is 145 Å². The van der Waals surface area contributed by atoms with E-state index < -0.39 is 23.2 Å². The molecule has 0 saturated heterocycles. The fourth-order valence-electron chi connectivity index (χ4n) is 3.69. The first-order chi connectivity index (χ1) is 10.9. The first kappa shape index (κ1) is 14.4. The third kappa shape index (κ3) is 2.40. The summed E-state index contributed by atoms with van der Waals surface area (Å²) >= 11 is -0.635. The van der Waals surface area contributed by atoms with Crippen LogP contribution in [0.25, 0.3) is 11.1 Å². The van der Waals surface area contributed by atoms with Crippen molar-refractivity contribution in [3.63, 3.8) is 0 Å². The van der Waals surface area contributed by atoms with E-state index in [1.807, 2.05) is 3.28 Å². The molecular weight excluding hydrogens is 343 g/mol. The zero-order valence-electron chi connectivity index (χ0n) is 13.0. The summed E-state index contributed by atoms with van der Waals surface area (Å²) in [5, 5.41) is 0. The van der Waals surface area contributed by atoms with Crippen molar-refractivity contribution >= 4 is 0 Å². The van der Waals surface area contributed by atoms with Gasteiger partial charge in [-0.2, -0.15) is 0 Å². The molecule has 0 aromatic heterocycles. The molecule has 1 heteroatoms. The molecule has 0 spiro atoms. The molecule has 0 nitrogen and oxygen atoms in total. The molecule has 22 heavy (non-hydrogen) atoms. The Balaban J connectivity index is 1.75. The van der Waals surface area contributed by atoms with Gasteiger partial charge in [0.1, 0.15) is 0 Å². The van der Waals surface area contributed by atoms with Crippen LogP contribution < -0.4 is 0 Å². The van der Waals surface area contributed by atoms with Crippen LogP contribution in [0, 0.1) is 0 Å². The summed E-state index contributed by atoms with van der Waals surface area (Å²) in [6.07, 6.45) is 8.53. The molecule has 0 fully saturated rings. The van der Waals surface area contributed by atoms with Crippen LogP contribution in [0.5, 0.6) is 0 Å². The molecule has 108 valence electrons. The van der Waals surface area contributed by atoms with Gasteiger partial charge in [0.25, 0.3) is 0 Å². The predicted molar refractivity (Wildman–Crippen MR) is 89.4 cm³/mol. The van der Waals surface area contributed by atoms with Crippen molar-refractivity contribution < 1.29 is 23.2 Å². The molecule has 0 radical (unpaired) electrons. The molecule has 2 aliphatic rings. The van der Waals surface area contributed by atoms with E-state index in [0.29, 0.717) is 3.63 Å². The predicted octanol–water partition coefficient (Wildman–Crippen LogP) is 5.85. The van der Waals surface area contributed by atoms with Crippen LogP contribution in [-0.4, -0.2) is 0 Å². The molecule has 0 amide bonds. The van der Waals surface area contributed by atoms with E-state index in [1.54, 1.807) is 16.7 Å². The van der Waals surface area contributed by atoms with E-state index in [0.717, 1.165) is 0 Å². The van der Waals surface area contributed by atoms with E-state index in [4.69, 9.17) is 0 Å². The first-order valence-corrected chi connectivity index (χ1v) is 10.9. The van der Waals surface area contributed by atoms with E-state index >= 15 is 0 Å². The minimum absolute atomic E-state index is 0.635. The van der Waals surface area contributed by atoms with E-state index in [9.17, 15) is 0 Å². The molecule has 0 N–H and O–H groups in total. The van der Waals surface area contributed by atoms with Crippen molar-refractivity contribution in [1.82, 2.24) is 0 Å². The van der Waals surface area contributed by atoms with Gasteiger partial charge in [0.05, 0.1) is 0 Å². The van der Waals surface area contributed by atoms with E-state index in [2.05, 4.69) is 67.6 Å². The summed E-state index contributed by atoms with van der Waals surface area (Å²) in [7, 11) is 0. The summed E-state index contributed by atoms with van der Waals surface area (Å²) < 4.78 is 2.53. The monoisotopic (exact) mass is 362 g/mol. The van der Waals surface area contributed by atoms with Gasteiger partial charge in [0.15, 0.2) is 0 Å². The molecule has 4 rings (SSSR count). The minimum atomic E-state index is -0.635. The van der Waals surface area contributed by atoms with Gasteiger partial charge in [-0.15, -0.1) is 0 Å². The second kappa shape index (κ2) is 6.13. The zero-order chi connectivity index (χ0) is 14.9. The Morgan fingerprint density at radius 1 is 0.955 bits per heavy atom. The second-order valence-corrected chi connectivity index (χ2v) is 9.72. The summed E-state index contributed by atoms with van der Waals surface area (Å²) in [5.74, 6) is 0. The maximum atomic E-state index is 2.40. The van der Waals surface area contributed by atoms with Crippen molar-refractivity contribution in [2.45, 2.75) is 29.8 Å². The molecule has 0 heterocycles. The Hall–Kier alpha value is -1.20. The molecule has 0 atom stereocenters. The van der Waals surface area contributed by atoms with Gasteiger partial charge in [-0.3, -0.25) is 0 Å². The number of hydrogen-bond donors (Lipinski definition) is 0. The van der Waals surface area contributed by atoms with Crippen molar-refractivity contribution in [2.24, 2.45) is 0 Å². The fraction of sp³-hybridized carbons (Fsp3) is 0.238. The molecule has 0 saturated carbocycles. The molecular formula is C21H20Zr. The Kier molecular flexibility index (Phi) is 4.01. The van der Waals surface area contributed by atoms with Crippen molar-refractivity contribution in [2.75, 3.05) is 0 Å². The van der Waals surface area contributed by atoms with Gasteiger partial charge in [-0.05, 0) is 0 Å². The van der Waals surface area contributed by atoms with Crippen LogP contribution >= 0.6 is 0 Å². The normalized spacial score (nSPS) is 16.0. The Morgan fingerprint density at radius 3 is 2.23 bits per heavy atom. The van der Waals surface area contributed by atoms with Gasteiger partial charge < -0.3 is 0 Å². The first-order valence-electron chi connectivity index (χ1n) is 8.22. The number of hydrogen-bond acceptors (Lipinski definition) is 0. The van der Waals surface area contributed by atoms with Gasteiger partial charge in [0, 0.05) is 0 Å². The van der Waals surface area contributed by atoms with Crippen molar-refractivity contribution in [3.8, 4) is 11.1 Å². The van der Waals surface area contributed by atoms with Crippen molar-refractivity contribution in [3.05, 3.63) is 80.7 Å². The van der Waals surface area contributed by atoms with Gasteiger partial charge in [0.2, 0.25) is 0 Å². The van der Waals surface area contributed by atoms with E-state index in [-0.39, 0.29) is 0 Å². The molecule has 0 aliphatic heterocycles. The average molecular weight is 364 g/mol. The molecule has 2 aromatic carbocycles. The fourth-order valence-corrected chi connectivity index (χ4v) is 8.10. The third-order valence-electron chi connectivity index (χ3n) is 4.70. The SMILES string of the molecule is CCCC1=[C]([Zr][CH]2c3ccccc3-c3ccccc32)CC=C1. The van der Waals surface area contributed by atoms with Crippen LogP contribution in [0.1, 0.15) is 40.9 Å². The van der Waals surface area contributed by atoms with E-state index in [1.165, 1.54) is 30.4 Å². The van der Waals surface area contributed by atoms with Crippen LogP contribution in [0.15, 0.2) is 69.5 Å². The van der Waals surface area contributed by atoms with Gasteiger partial charge in [-0.25, -0.2) is 0 Å². The van der Waals surface area contributed by atoms with Crippen LogP contribution in [-0.2, 0) is 23.2 Å². The zero-order valence-corrected chi connectivity index (χ0v) is 15.4. The summed E-state index contributed by atoms with van der Waals surface area (Å²) in [5.41, 5.74) is 7.80. The number of benzene rings is 2. The number of allylic oxidation sites excluding steroid dienone is 4. The standard InChI is InChI=1S/C13H9.C8H11.Zr/c1-3-7-12-10(5-1)9-11-6-2-4-8-13(11)12;1-2-5-8-6-3-4-7-8;/h1-9H;3,6H,2,4-5H2,1H3;. The third-order valence-corrected chi connectivity index (χ3v) is 9.09. The Bertz CT molecular complexity index is 721. The molecule has 2 aromatic rings. The molecule has 0 unspecified atom stereocenters. The van der Waals surface area contributed by atoms with Crippen molar-refractivity contribution in [1.29, 1.82) is 0 Å². The molecule has 0 bridgehead atoms. The summed E-state index contributed by atoms with van der Waals surface area (Å²) in [4.78, 5) is 0. The quantitative estimate of drug-likeness (QED) is 0.639. The topological polar surface area (TPSA) is 0 Å². The molecule has 2 aliphatic carbocycles. The van der Waals surface area contributed by atoms with Crippen LogP contribution in [0.4, 0.5) is 0 Å². The Labute approximate surface area is 144 Å². The number of rotatable bonds is 4.